The van der Waals surface area contributed by atoms with E-state index in [9.17, 15) is 0 Å². The molecule has 0 amide bonds. The molecule has 0 unspecified atom stereocenters. The SMILES string of the molecule is CC(C)OCCn1cnc(CNC2CC2)c1. The van der Waals surface area contributed by atoms with Gasteiger partial charge in [0.15, 0.2) is 0 Å². The molecule has 0 aromatic carbocycles. The molecule has 1 aliphatic rings. The van der Waals surface area contributed by atoms with Crippen molar-refractivity contribution in [1.29, 1.82) is 0 Å². The molecule has 1 heterocycles. The van der Waals surface area contributed by atoms with E-state index in [1.807, 2.05) is 6.33 Å². The largest absolute Gasteiger partial charge is 0.377 e. The van der Waals surface area contributed by atoms with Gasteiger partial charge in [-0.05, 0) is 26.7 Å². The molecule has 0 radical (unpaired) electrons. The first-order valence-corrected chi connectivity index (χ1v) is 6.09. The van der Waals surface area contributed by atoms with Crippen molar-refractivity contribution in [2.24, 2.45) is 0 Å². The standard InChI is InChI=1S/C12H21N3O/c1-10(2)16-6-5-15-8-12(14-9-15)7-13-11-3-4-11/h8-11,13H,3-7H2,1-2H3. The van der Waals surface area contributed by atoms with Crippen molar-refractivity contribution in [2.45, 2.75) is 51.9 Å². The Labute approximate surface area is 97.0 Å². The van der Waals surface area contributed by atoms with Crippen LogP contribution in [-0.4, -0.2) is 28.3 Å². The summed E-state index contributed by atoms with van der Waals surface area (Å²) in [6.07, 6.45) is 6.93. The smallest absolute Gasteiger partial charge is 0.0950 e. The van der Waals surface area contributed by atoms with Crippen molar-refractivity contribution in [1.82, 2.24) is 14.9 Å². The van der Waals surface area contributed by atoms with Gasteiger partial charge >= 0.3 is 0 Å². The minimum Gasteiger partial charge on any atom is -0.377 e. The number of ether oxygens (including phenoxy) is 1. The van der Waals surface area contributed by atoms with Crippen molar-refractivity contribution in [3.05, 3.63) is 18.2 Å². The lowest BCUT2D eigenvalue weighted by Gasteiger charge is -2.07. The fraction of sp³-hybridized carbons (Fsp3) is 0.750. The molecule has 0 bridgehead atoms. The highest BCUT2D eigenvalue weighted by atomic mass is 16.5. The van der Waals surface area contributed by atoms with E-state index in [-0.39, 0.29) is 0 Å². The van der Waals surface area contributed by atoms with Gasteiger partial charge in [-0.2, -0.15) is 0 Å². The van der Waals surface area contributed by atoms with Gasteiger partial charge in [0.05, 0.1) is 24.7 Å². The topological polar surface area (TPSA) is 39.1 Å². The van der Waals surface area contributed by atoms with Gasteiger partial charge in [0.1, 0.15) is 0 Å². The number of rotatable bonds is 7. The highest BCUT2D eigenvalue weighted by Gasteiger charge is 2.20. The molecule has 4 nitrogen and oxygen atoms in total. The molecule has 1 aliphatic carbocycles. The Morgan fingerprint density at radius 1 is 1.56 bits per heavy atom. The van der Waals surface area contributed by atoms with Crippen LogP contribution in [0.25, 0.3) is 0 Å². The maximum atomic E-state index is 5.50. The molecule has 90 valence electrons. The summed E-state index contributed by atoms with van der Waals surface area (Å²) in [5, 5.41) is 3.45. The molecule has 0 saturated heterocycles. The second kappa shape index (κ2) is 5.46. The number of aromatic nitrogens is 2. The van der Waals surface area contributed by atoms with Crippen LogP contribution in [0, 0.1) is 0 Å². The molecule has 1 aromatic rings. The summed E-state index contributed by atoms with van der Waals surface area (Å²) in [4.78, 5) is 4.36. The predicted octanol–water partition coefficient (Wildman–Crippen LogP) is 1.56. The van der Waals surface area contributed by atoms with Crippen LogP contribution >= 0.6 is 0 Å². The van der Waals surface area contributed by atoms with Crippen molar-refractivity contribution in [3.8, 4) is 0 Å². The van der Waals surface area contributed by atoms with Crippen LogP contribution in [0.15, 0.2) is 12.5 Å². The summed E-state index contributed by atoms with van der Waals surface area (Å²) < 4.78 is 7.59. The second-order valence-electron chi connectivity index (χ2n) is 4.68. The summed E-state index contributed by atoms with van der Waals surface area (Å²) in [5.41, 5.74) is 1.12. The highest BCUT2D eigenvalue weighted by Crippen LogP contribution is 2.18. The maximum absolute atomic E-state index is 5.50. The molecule has 0 atom stereocenters. The second-order valence-corrected chi connectivity index (χ2v) is 4.68. The predicted molar refractivity (Wildman–Crippen MR) is 63.2 cm³/mol. The van der Waals surface area contributed by atoms with Crippen LogP contribution in [0.5, 0.6) is 0 Å². The summed E-state index contributed by atoms with van der Waals surface area (Å²) in [6.45, 7) is 6.64. The first kappa shape index (κ1) is 11.6. The van der Waals surface area contributed by atoms with Crippen molar-refractivity contribution >= 4 is 0 Å². The molecule has 2 rings (SSSR count). The van der Waals surface area contributed by atoms with Gasteiger partial charge in [-0.1, -0.05) is 0 Å². The Hall–Kier alpha value is -0.870. The molecule has 4 heteroatoms. The van der Waals surface area contributed by atoms with E-state index in [1.54, 1.807) is 0 Å². The zero-order valence-corrected chi connectivity index (χ0v) is 10.1. The van der Waals surface area contributed by atoms with E-state index in [4.69, 9.17) is 4.74 Å². The summed E-state index contributed by atoms with van der Waals surface area (Å²) in [5.74, 6) is 0. The maximum Gasteiger partial charge on any atom is 0.0950 e. The Morgan fingerprint density at radius 3 is 3.06 bits per heavy atom. The van der Waals surface area contributed by atoms with E-state index < -0.39 is 0 Å². The van der Waals surface area contributed by atoms with Crippen LogP contribution in [-0.2, 0) is 17.8 Å². The van der Waals surface area contributed by atoms with Crippen molar-refractivity contribution < 1.29 is 4.74 Å². The van der Waals surface area contributed by atoms with Crippen LogP contribution in [0.3, 0.4) is 0 Å². The molecule has 1 aromatic heterocycles. The third-order valence-corrected chi connectivity index (χ3v) is 2.64. The van der Waals surface area contributed by atoms with Gasteiger partial charge in [-0.3, -0.25) is 0 Å². The third kappa shape index (κ3) is 3.94. The summed E-state index contributed by atoms with van der Waals surface area (Å²) in [6, 6.07) is 0.745. The average molecular weight is 223 g/mol. The van der Waals surface area contributed by atoms with Gasteiger partial charge in [-0.15, -0.1) is 0 Å². The van der Waals surface area contributed by atoms with Gasteiger partial charge in [-0.25, -0.2) is 4.98 Å². The molecule has 1 fully saturated rings. The monoisotopic (exact) mass is 223 g/mol. The Balaban J connectivity index is 1.68. The summed E-state index contributed by atoms with van der Waals surface area (Å²) >= 11 is 0. The van der Waals surface area contributed by atoms with Gasteiger partial charge < -0.3 is 14.6 Å². The molecular weight excluding hydrogens is 202 g/mol. The fourth-order valence-corrected chi connectivity index (χ4v) is 1.55. The molecule has 1 N–H and O–H groups in total. The minimum absolute atomic E-state index is 0.305. The molecule has 0 spiro atoms. The van der Waals surface area contributed by atoms with Gasteiger partial charge in [0.2, 0.25) is 0 Å². The molecule has 0 aliphatic heterocycles. The lowest BCUT2D eigenvalue weighted by Crippen LogP contribution is -2.15. The minimum atomic E-state index is 0.305. The Bertz CT molecular complexity index is 318. The zero-order valence-electron chi connectivity index (χ0n) is 10.1. The van der Waals surface area contributed by atoms with Gasteiger partial charge in [0.25, 0.3) is 0 Å². The quantitative estimate of drug-likeness (QED) is 0.762. The molecular formula is C12H21N3O. The van der Waals surface area contributed by atoms with E-state index in [1.165, 1.54) is 12.8 Å². The van der Waals surface area contributed by atoms with Crippen LogP contribution in [0.2, 0.25) is 0 Å². The first-order chi connectivity index (χ1) is 7.74. The Kier molecular flexibility index (Phi) is 3.96. The van der Waals surface area contributed by atoms with Crippen molar-refractivity contribution in [3.63, 3.8) is 0 Å². The normalized spacial score (nSPS) is 15.9. The van der Waals surface area contributed by atoms with E-state index in [0.717, 1.165) is 31.4 Å². The van der Waals surface area contributed by atoms with E-state index in [0.29, 0.717) is 6.10 Å². The first-order valence-electron chi connectivity index (χ1n) is 6.09. The fourth-order valence-electron chi connectivity index (χ4n) is 1.55. The number of nitrogens with one attached hydrogen (secondary N) is 1. The molecule has 16 heavy (non-hydrogen) atoms. The Morgan fingerprint density at radius 2 is 2.38 bits per heavy atom. The third-order valence-electron chi connectivity index (χ3n) is 2.64. The van der Waals surface area contributed by atoms with Crippen LogP contribution in [0.1, 0.15) is 32.4 Å². The van der Waals surface area contributed by atoms with Crippen LogP contribution in [0.4, 0.5) is 0 Å². The molecule has 1 saturated carbocycles. The summed E-state index contributed by atoms with van der Waals surface area (Å²) in [7, 11) is 0. The number of hydrogen-bond acceptors (Lipinski definition) is 3. The number of imidazole rings is 1. The highest BCUT2D eigenvalue weighted by molar-refractivity contribution is 4.97. The lowest BCUT2D eigenvalue weighted by atomic mass is 10.4. The van der Waals surface area contributed by atoms with Gasteiger partial charge in [0, 0.05) is 25.3 Å². The average Bonchev–Trinajstić information content (AvgIpc) is 2.96. The zero-order chi connectivity index (χ0) is 11.4. The number of nitrogens with zero attached hydrogens (tertiary/aromatic N) is 2. The number of hydrogen-bond donors (Lipinski definition) is 1. The van der Waals surface area contributed by atoms with E-state index >= 15 is 0 Å². The van der Waals surface area contributed by atoms with Crippen LogP contribution < -0.4 is 5.32 Å². The lowest BCUT2D eigenvalue weighted by molar-refractivity contribution is 0.0727. The van der Waals surface area contributed by atoms with E-state index in [2.05, 4.69) is 34.9 Å². The van der Waals surface area contributed by atoms with Crippen molar-refractivity contribution in [2.75, 3.05) is 6.61 Å².